The maximum Gasteiger partial charge on any atom is 0.408 e. The van der Waals surface area contributed by atoms with E-state index in [9.17, 15) is 14.4 Å². The van der Waals surface area contributed by atoms with Crippen LogP contribution in [-0.4, -0.2) is 41.6 Å². The van der Waals surface area contributed by atoms with Crippen LogP contribution in [0.1, 0.15) is 48.3 Å². The van der Waals surface area contributed by atoms with Crippen LogP contribution in [0, 0.1) is 0 Å². The molecule has 2 amide bonds. The molecule has 0 radical (unpaired) electrons. The van der Waals surface area contributed by atoms with Crippen LogP contribution in [-0.2, 0) is 20.9 Å². The van der Waals surface area contributed by atoms with Gasteiger partial charge in [-0.15, -0.1) is 0 Å². The number of benzene rings is 2. The first-order valence-electron chi connectivity index (χ1n) is 11.9. The van der Waals surface area contributed by atoms with E-state index in [1.165, 1.54) is 0 Å². The van der Waals surface area contributed by atoms with Crippen molar-refractivity contribution in [3.63, 3.8) is 0 Å². The van der Waals surface area contributed by atoms with Crippen molar-refractivity contribution in [1.82, 2.24) is 15.6 Å². The minimum Gasteiger partial charge on any atom is -0.460 e. The number of amides is 2. The van der Waals surface area contributed by atoms with Gasteiger partial charge in [0.1, 0.15) is 12.2 Å². The average molecular weight is 505 g/mol. The Morgan fingerprint density at radius 3 is 2.24 bits per heavy atom. The molecule has 9 nitrogen and oxygen atoms in total. The first kappa shape index (κ1) is 27.3. The standard InChI is InChI=1S/C28H32N4O5/c1-28(2,3)37-27(35)32-24(17-30-18-25(33)36-19-20-7-5-4-6-8-20)21-9-11-22(12-10-21)26(34)31-23-13-15-29-16-14-23/h4-16,24,30H,17-19H2,1-3H3,(H,32,35)(H,29,31,34). The van der Waals surface area contributed by atoms with Gasteiger partial charge < -0.3 is 25.4 Å². The Bertz CT molecular complexity index is 1160. The van der Waals surface area contributed by atoms with Gasteiger partial charge >= 0.3 is 12.1 Å². The third-order valence-electron chi connectivity index (χ3n) is 5.06. The second-order valence-corrected chi connectivity index (χ2v) is 9.29. The Kier molecular flexibility index (Phi) is 9.74. The van der Waals surface area contributed by atoms with Crippen LogP contribution in [0.15, 0.2) is 79.1 Å². The number of pyridine rings is 1. The highest BCUT2D eigenvalue weighted by Gasteiger charge is 2.21. The van der Waals surface area contributed by atoms with Gasteiger partial charge in [-0.2, -0.15) is 0 Å². The van der Waals surface area contributed by atoms with Gasteiger partial charge in [0.05, 0.1) is 12.6 Å². The normalized spacial score (nSPS) is 11.8. The number of carbonyl (C=O) groups is 3. The van der Waals surface area contributed by atoms with Crippen molar-refractivity contribution < 1.29 is 23.9 Å². The Morgan fingerprint density at radius 2 is 1.59 bits per heavy atom. The molecule has 0 saturated carbocycles. The first-order valence-corrected chi connectivity index (χ1v) is 11.9. The molecule has 0 saturated heterocycles. The number of nitrogens with one attached hydrogen (secondary N) is 3. The van der Waals surface area contributed by atoms with Crippen LogP contribution in [0.25, 0.3) is 0 Å². The summed E-state index contributed by atoms with van der Waals surface area (Å²) in [6, 6.07) is 19.1. The quantitative estimate of drug-likeness (QED) is 0.354. The van der Waals surface area contributed by atoms with E-state index in [1.54, 1.807) is 69.6 Å². The molecule has 37 heavy (non-hydrogen) atoms. The number of aromatic nitrogens is 1. The fourth-order valence-corrected chi connectivity index (χ4v) is 3.32. The summed E-state index contributed by atoms with van der Waals surface area (Å²) in [6.07, 6.45) is 2.59. The lowest BCUT2D eigenvalue weighted by molar-refractivity contribution is -0.143. The molecule has 3 N–H and O–H groups in total. The molecule has 3 rings (SSSR count). The van der Waals surface area contributed by atoms with Crippen molar-refractivity contribution in [2.24, 2.45) is 0 Å². The molecule has 1 unspecified atom stereocenters. The summed E-state index contributed by atoms with van der Waals surface area (Å²) in [6.45, 7) is 5.72. The van der Waals surface area contributed by atoms with Gasteiger partial charge in [-0.25, -0.2) is 4.79 Å². The summed E-state index contributed by atoms with van der Waals surface area (Å²) in [5.74, 6) is -0.684. The Balaban J connectivity index is 1.60. The number of hydrogen-bond donors (Lipinski definition) is 3. The topological polar surface area (TPSA) is 119 Å². The van der Waals surface area contributed by atoms with Gasteiger partial charge in [-0.1, -0.05) is 42.5 Å². The summed E-state index contributed by atoms with van der Waals surface area (Å²) in [7, 11) is 0. The zero-order valence-electron chi connectivity index (χ0n) is 21.2. The van der Waals surface area contributed by atoms with E-state index < -0.39 is 23.7 Å². The third kappa shape index (κ3) is 9.73. The molecule has 3 aromatic rings. The van der Waals surface area contributed by atoms with E-state index in [2.05, 4.69) is 20.9 Å². The summed E-state index contributed by atoms with van der Waals surface area (Å²) in [5, 5.41) is 8.66. The number of alkyl carbamates (subject to hydrolysis) is 1. The van der Waals surface area contributed by atoms with Crippen molar-refractivity contribution in [2.45, 2.75) is 39.0 Å². The maximum atomic E-state index is 12.6. The summed E-state index contributed by atoms with van der Waals surface area (Å²) in [4.78, 5) is 41.1. The van der Waals surface area contributed by atoms with Gasteiger partial charge in [-0.05, 0) is 56.2 Å². The van der Waals surface area contributed by atoms with Crippen molar-refractivity contribution in [2.75, 3.05) is 18.4 Å². The van der Waals surface area contributed by atoms with Gasteiger partial charge in [-0.3, -0.25) is 14.6 Å². The SMILES string of the molecule is CC(C)(C)OC(=O)NC(CNCC(=O)OCc1ccccc1)c1ccc(C(=O)Nc2ccncc2)cc1. The van der Waals surface area contributed by atoms with Crippen LogP contribution in [0.2, 0.25) is 0 Å². The minimum absolute atomic E-state index is 0.0360. The lowest BCUT2D eigenvalue weighted by Crippen LogP contribution is -2.40. The molecule has 0 spiro atoms. The Hall–Kier alpha value is -4.24. The van der Waals surface area contributed by atoms with Crippen molar-refractivity contribution in [1.29, 1.82) is 0 Å². The molecule has 1 heterocycles. The van der Waals surface area contributed by atoms with E-state index >= 15 is 0 Å². The third-order valence-corrected chi connectivity index (χ3v) is 5.06. The highest BCUT2D eigenvalue weighted by molar-refractivity contribution is 6.04. The molecular weight excluding hydrogens is 472 g/mol. The number of nitrogens with zero attached hydrogens (tertiary/aromatic N) is 1. The fraction of sp³-hybridized carbons (Fsp3) is 0.286. The zero-order chi connectivity index (χ0) is 26.7. The largest absolute Gasteiger partial charge is 0.460 e. The number of hydrogen-bond acceptors (Lipinski definition) is 7. The van der Waals surface area contributed by atoms with E-state index in [1.807, 2.05) is 30.3 Å². The first-order chi connectivity index (χ1) is 17.7. The number of esters is 1. The van der Waals surface area contributed by atoms with E-state index in [0.717, 1.165) is 11.1 Å². The zero-order valence-corrected chi connectivity index (χ0v) is 21.2. The second kappa shape index (κ2) is 13.2. The molecule has 2 aromatic carbocycles. The predicted octanol–water partition coefficient (Wildman–Crippen LogP) is 4.23. The number of carbonyl (C=O) groups excluding carboxylic acids is 3. The molecule has 1 atom stereocenters. The fourth-order valence-electron chi connectivity index (χ4n) is 3.32. The molecular formula is C28H32N4O5. The molecule has 1 aromatic heterocycles. The lowest BCUT2D eigenvalue weighted by atomic mass is 10.0. The van der Waals surface area contributed by atoms with Gasteiger partial charge in [0.2, 0.25) is 0 Å². The Morgan fingerprint density at radius 1 is 0.919 bits per heavy atom. The van der Waals surface area contributed by atoms with Gasteiger partial charge in [0.15, 0.2) is 0 Å². The van der Waals surface area contributed by atoms with Crippen molar-refractivity contribution in [3.8, 4) is 0 Å². The molecule has 0 aliphatic heterocycles. The number of ether oxygens (including phenoxy) is 2. The van der Waals surface area contributed by atoms with Crippen LogP contribution in [0.3, 0.4) is 0 Å². The highest BCUT2D eigenvalue weighted by Crippen LogP contribution is 2.17. The molecule has 194 valence electrons. The van der Waals surface area contributed by atoms with E-state index in [-0.39, 0.29) is 25.6 Å². The van der Waals surface area contributed by atoms with Crippen LogP contribution in [0.5, 0.6) is 0 Å². The van der Waals surface area contributed by atoms with E-state index in [4.69, 9.17) is 9.47 Å². The van der Waals surface area contributed by atoms with Crippen molar-refractivity contribution >= 4 is 23.7 Å². The number of rotatable bonds is 10. The summed E-state index contributed by atoms with van der Waals surface area (Å²) >= 11 is 0. The molecule has 9 heteroatoms. The van der Waals surface area contributed by atoms with Crippen molar-refractivity contribution in [3.05, 3.63) is 95.8 Å². The van der Waals surface area contributed by atoms with Crippen LogP contribution >= 0.6 is 0 Å². The predicted molar refractivity (Wildman–Crippen MR) is 140 cm³/mol. The second-order valence-electron chi connectivity index (χ2n) is 9.29. The minimum atomic E-state index is -0.668. The average Bonchev–Trinajstić information content (AvgIpc) is 2.87. The van der Waals surface area contributed by atoms with Crippen LogP contribution < -0.4 is 16.0 Å². The van der Waals surface area contributed by atoms with E-state index in [0.29, 0.717) is 11.3 Å². The molecule has 0 aliphatic rings. The molecule has 0 bridgehead atoms. The van der Waals surface area contributed by atoms with Crippen LogP contribution in [0.4, 0.5) is 10.5 Å². The van der Waals surface area contributed by atoms with Gasteiger partial charge in [0, 0.05) is 30.2 Å². The monoisotopic (exact) mass is 504 g/mol. The Labute approximate surface area is 216 Å². The highest BCUT2D eigenvalue weighted by atomic mass is 16.6. The lowest BCUT2D eigenvalue weighted by Gasteiger charge is -2.24. The molecule has 0 aliphatic carbocycles. The molecule has 0 fully saturated rings. The maximum absolute atomic E-state index is 12.6. The van der Waals surface area contributed by atoms with Gasteiger partial charge in [0.25, 0.3) is 5.91 Å². The smallest absolute Gasteiger partial charge is 0.408 e. The summed E-state index contributed by atoms with van der Waals surface area (Å²) in [5.41, 5.74) is 2.05. The summed E-state index contributed by atoms with van der Waals surface area (Å²) < 4.78 is 10.7. The number of anilines is 1.